The van der Waals surface area contributed by atoms with Crippen LogP contribution in [0, 0.1) is 5.41 Å². The summed E-state index contributed by atoms with van der Waals surface area (Å²) in [4.78, 5) is 24.9. The molecule has 31 heavy (non-hydrogen) atoms. The molecule has 4 aromatic rings. The maximum Gasteiger partial charge on any atom is 0.272 e. The van der Waals surface area contributed by atoms with E-state index in [1.807, 2.05) is 66.3 Å². The third-order valence-electron chi connectivity index (χ3n) is 7.31. The maximum atomic E-state index is 12.9. The second kappa shape index (κ2) is 6.54. The molecule has 6 heteroatoms. The lowest BCUT2D eigenvalue weighted by atomic mass is 9.49. The quantitative estimate of drug-likeness (QED) is 0.536. The lowest BCUT2D eigenvalue weighted by Crippen LogP contribution is -2.55. The summed E-state index contributed by atoms with van der Waals surface area (Å²) >= 11 is 0. The van der Waals surface area contributed by atoms with Crippen LogP contribution in [-0.4, -0.2) is 26.7 Å². The molecular weight excluding hydrogens is 388 g/mol. The number of benzene rings is 2. The van der Waals surface area contributed by atoms with Gasteiger partial charge in [0.25, 0.3) is 11.5 Å². The number of rotatable bonds is 3. The summed E-state index contributed by atoms with van der Waals surface area (Å²) in [5.41, 5.74) is 2.99. The van der Waals surface area contributed by atoms with Gasteiger partial charge in [-0.05, 0) is 43.2 Å². The van der Waals surface area contributed by atoms with Crippen LogP contribution in [0.15, 0.2) is 59.5 Å². The highest BCUT2D eigenvalue weighted by molar-refractivity contribution is 6.07. The molecule has 0 aliphatic heterocycles. The van der Waals surface area contributed by atoms with Crippen molar-refractivity contribution in [1.82, 2.24) is 20.1 Å². The Hall–Kier alpha value is -3.41. The van der Waals surface area contributed by atoms with Crippen molar-refractivity contribution >= 4 is 27.6 Å². The first kappa shape index (κ1) is 18.4. The van der Waals surface area contributed by atoms with E-state index in [0.29, 0.717) is 16.7 Å². The number of amides is 1. The molecule has 2 N–H and O–H groups in total. The van der Waals surface area contributed by atoms with Crippen LogP contribution in [0.4, 0.5) is 0 Å². The first-order valence-electron chi connectivity index (χ1n) is 10.9. The van der Waals surface area contributed by atoms with Gasteiger partial charge in [-0.1, -0.05) is 36.4 Å². The molecule has 6 nitrogen and oxygen atoms in total. The van der Waals surface area contributed by atoms with Gasteiger partial charge in [-0.3, -0.25) is 9.59 Å². The van der Waals surface area contributed by atoms with Gasteiger partial charge in [0.05, 0.1) is 16.6 Å². The average molecular weight is 412 g/mol. The third-order valence-corrected chi connectivity index (χ3v) is 7.31. The maximum absolute atomic E-state index is 12.9. The molecule has 156 valence electrons. The van der Waals surface area contributed by atoms with E-state index >= 15 is 0 Å². The van der Waals surface area contributed by atoms with Crippen LogP contribution in [0.5, 0.6) is 0 Å². The fourth-order valence-corrected chi connectivity index (χ4v) is 5.83. The number of H-pyrrole nitrogens is 1. The zero-order chi connectivity index (χ0) is 21.2. The number of aryl methyl sites for hydroxylation is 1. The van der Waals surface area contributed by atoms with E-state index in [9.17, 15) is 9.59 Å². The largest absolute Gasteiger partial charge is 0.350 e. The lowest BCUT2D eigenvalue weighted by molar-refractivity contribution is -0.0196. The lowest BCUT2D eigenvalue weighted by Gasteiger charge is -2.57. The Morgan fingerprint density at radius 3 is 2.48 bits per heavy atom. The number of hydrogen-bond acceptors (Lipinski definition) is 3. The number of carbonyl (C=O) groups excluding carboxylic acids is 1. The number of hydrogen-bond donors (Lipinski definition) is 2. The van der Waals surface area contributed by atoms with Crippen LogP contribution in [0.1, 0.15) is 47.7 Å². The summed E-state index contributed by atoms with van der Waals surface area (Å²) < 4.78 is 2.00. The van der Waals surface area contributed by atoms with E-state index in [-0.39, 0.29) is 17.5 Å². The molecule has 0 saturated heterocycles. The Kier molecular flexibility index (Phi) is 3.88. The summed E-state index contributed by atoms with van der Waals surface area (Å²) in [7, 11) is 1.97. The predicted molar refractivity (Wildman–Crippen MR) is 120 cm³/mol. The fourth-order valence-electron chi connectivity index (χ4n) is 5.83. The predicted octanol–water partition coefficient (Wildman–Crippen LogP) is 3.87. The average Bonchev–Trinajstić information content (AvgIpc) is 3.07. The highest BCUT2D eigenvalue weighted by atomic mass is 16.1. The summed E-state index contributed by atoms with van der Waals surface area (Å²) in [5.74, 6) is 0.386. The Labute approximate surface area is 179 Å². The summed E-state index contributed by atoms with van der Waals surface area (Å²) in [5, 5.41) is 13.0. The Balaban J connectivity index is 1.13. The van der Waals surface area contributed by atoms with E-state index in [4.69, 9.17) is 0 Å². The fraction of sp³-hybridized carbons (Fsp3) is 0.320. The number of nitrogens with one attached hydrogen (secondary N) is 2. The summed E-state index contributed by atoms with van der Waals surface area (Å²) in [6.45, 7) is 0. The number of aromatic amines is 1. The van der Waals surface area contributed by atoms with Crippen molar-refractivity contribution in [1.29, 1.82) is 0 Å². The highest BCUT2D eigenvalue weighted by Gasteiger charge is 2.54. The number of carbonyl (C=O) groups is 1. The van der Waals surface area contributed by atoms with Crippen LogP contribution in [-0.2, 0) is 7.05 Å². The first-order chi connectivity index (χ1) is 15.0. The molecular formula is C25H24N4O2. The van der Waals surface area contributed by atoms with Gasteiger partial charge >= 0.3 is 0 Å². The van der Waals surface area contributed by atoms with Crippen molar-refractivity contribution in [2.45, 2.75) is 37.6 Å². The van der Waals surface area contributed by atoms with Crippen molar-refractivity contribution < 1.29 is 4.79 Å². The van der Waals surface area contributed by atoms with Gasteiger partial charge in [-0.25, -0.2) is 5.10 Å². The molecule has 0 bridgehead atoms. The molecule has 1 amide bonds. The standard InChI is InChI=1S/C25H24N4O2/c1-29-14-20(17-6-4-5-9-21(17)29)23(30)26-16-12-25(13-16)10-15(11-25)22-18-7-2-3-8-19(18)24(31)28-27-22/h2-9,14-16H,10-13H2,1H3,(H,26,30)(H,28,31)/t15-,16-,25?. The Morgan fingerprint density at radius 2 is 1.71 bits per heavy atom. The number of nitrogens with zero attached hydrogens (tertiary/aromatic N) is 2. The zero-order valence-corrected chi connectivity index (χ0v) is 17.4. The first-order valence-corrected chi connectivity index (χ1v) is 10.9. The van der Waals surface area contributed by atoms with E-state index in [1.54, 1.807) is 0 Å². The van der Waals surface area contributed by atoms with Crippen LogP contribution in [0.2, 0.25) is 0 Å². The summed E-state index contributed by atoms with van der Waals surface area (Å²) in [6.07, 6.45) is 6.08. The Morgan fingerprint density at radius 1 is 1.03 bits per heavy atom. The normalized spacial score (nSPS) is 24.8. The molecule has 2 aromatic carbocycles. The molecule has 0 radical (unpaired) electrons. The minimum Gasteiger partial charge on any atom is -0.350 e. The van der Waals surface area contributed by atoms with Crippen molar-refractivity contribution in [3.63, 3.8) is 0 Å². The third kappa shape index (κ3) is 2.81. The molecule has 2 aliphatic rings. The van der Waals surface area contributed by atoms with Gasteiger partial charge in [0.1, 0.15) is 0 Å². The van der Waals surface area contributed by atoms with E-state index in [0.717, 1.165) is 53.2 Å². The molecule has 1 spiro atoms. The molecule has 2 aromatic heterocycles. The van der Waals surface area contributed by atoms with E-state index < -0.39 is 0 Å². The molecule has 2 fully saturated rings. The second-order valence-corrected chi connectivity index (χ2v) is 9.34. The summed E-state index contributed by atoms with van der Waals surface area (Å²) in [6, 6.07) is 15.9. The van der Waals surface area contributed by atoms with Gasteiger partial charge in [-0.15, -0.1) is 0 Å². The topological polar surface area (TPSA) is 79.8 Å². The van der Waals surface area contributed by atoms with Gasteiger partial charge in [0.2, 0.25) is 0 Å². The molecule has 2 saturated carbocycles. The smallest absolute Gasteiger partial charge is 0.272 e. The number of fused-ring (bicyclic) bond motifs is 2. The van der Waals surface area contributed by atoms with Crippen LogP contribution in [0.3, 0.4) is 0 Å². The molecule has 6 rings (SSSR count). The minimum absolute atomic E-state index is 0.0146. The second-order valence-electron chi connectivity index (χ2n) is 9.34. The van der Waals surface area contributed by atoms with Gasteiger partial charge in [-0.2, -0.15) is 5.10 Å². The highest BCUT2D eigenvalue weighted by Crippen LogP contribution is 2.62. The SMILES string of the molecule is Cn1cc(C(=O)N[C@H]2CC3(C2)C[C@H](c2n[nH]c(=O)c4ccccc42)C3)c2ccccc21. The van der Waals surface area contributed by atoms with Gasteiger partial charge in [0, 0.05) is 41.5 Å². The van der Waals surface area contributed by atoms with Crippen molar-refractivity contribution in [2.24, 2.45) is 12.5 Å². The molecule has 0 unspecified atom stereocenters. The van der Waals surface area contributed by atoms with Crippen LogP contribution < -0.4 is 10.9 Å². The Bertz CT molecular complexity index is 1390. The van der Waals surface area contributed by atoms with Crippen LogP contribution in [0.25, 0.3) is 21.7 Å². The number of aromatic nitrogens is 3. The molecule has 2 aliphatic carbocycles. The number of para-hydroxylation sites is 1. The van der Waals surface area contributed by atoms with Gasteiger partial charge in [0.15, 0.2) is 0 Å². The molecule has 2 heterocycles. The van der Waals surface area contributed by atoms with Crippen molar-refractivity contribution in [2.75, 3.05) is 0 Å². The van der Waals surface area contributed by atoms with Crippen molar-refractivity contribution in [3.8, 4) is 0 Å². The van der Waals surface area contributed by atoms with E-state index in [1.165, 1.54) is 0 Å². The zero-order valence-electron chi connectivity index (χ0n) is 17.4. The van der Waals surface area contributed by atoms with Crippen LogP contribution >= 0.6 is 0 Å². The molecule has 0 atom stereocenters. The van der Waals surface area contributed by atoms with Gasteiger partial charge < -0.3 is 9.88 Å². The van der Waals surface area contributed by atoms with E-state index in [2.05, 4.69) is 15.5 Å². The monoisotopic (exact) mass is 412 g/mol. The minimum atomic E-state index is -0.131. The van der Waals surface area contributed by atoms with Crippen molar-refractivity contribution in [3.05, 3.63) is 76.3 Å².